The Labute approximate surface area is 151 Å². The quantitative estimate of drug-likeness (QED) is 0.591. The van der Waals surface area contributed by atoms with Gasteiger partial charge in [-0.15, -0.1) is 10.2 Å². The van der Waals surface area contributed by atoms with Crippen LogP contribution < -0.4 is 5.32 Å². The molecule has 1 N–H and O–H groups in total. The van der Waals surface area contributed by atoms with Crippen LogP contribution in [-0.2, 0) is 25.9 Å². The predicted octanol–water partition coefficient (Wildman–Crippen LogP) is 2.50. The third kappa shape index (κ3) is 5.59. The normalized spacial score (nSPS) is 11.6. The second-order valence-electron chi connectivity index (χ2n) is 6.06. The van der Waals surface area contributed by atoms with E-state index >= 15 is 0 Å². The first-order valence-electron chi connectivity index (χ1n) is 9.11. The van der Waals surface area contributed by atoms with Crippen molar-refractivity contribution < 1.29 is 0 Å². The van der Waals surface area contributed by atoms with Crippen LogP contribution in [0.15, 0.2) is 35.6 Å². The van der Waals surface area contributed by atoms with E-state index in [4.69, 9.17) is 4.99 Å². The summed E-state index contributed by atoms with van der Waals surface area (Å²) in [6.45, 7) is 9.54. The minimum absolute atomic E-state index is 0.701. The largest absolute Gasteiger partial charge is 0.357 e. The third-order valence-electron chi connectivity index (χ3n) is 4.16. The predicted molar refractivity (Wildman–Crippen MR) is 103 cm³/mol. The molecule has 2 rings (SSSR count). The van der Waals surface area contributed by atoms with Gasteiger partial charge in [-0.2, -0.15) is 0 Å². The number of aliphatic imine (C=N–C) groups is 1. The number of aryl methyl sites for hydroxylation is 2. The number of nitrogens with zero attached hydrogens (tertiary/aromatic N) is 5. The Bertz CT molecular complexity index is 659. The molecule has 1 aromatic heterocycles. The van der Waals surface area contributed by atoms with E-state index in [0.717, 1.165) is 44.3 Å². The highest BCUT2D eigenvalue weighted by molar-refractivity contribution is 5.79. The third-order valence-corrected chi connectivity index (χ3v) is 4.16. The van der Waals surface area contributed by atoms with Crippen molar-refractivity contribution in [2.24, 2.45) is 4.99 Å². The lowest BCUT2D eigenvalue weighted by molar-refractivity contribution is 0.475. The van der Waals surface area contributed by atoms with Crippen molar-refractivity contribution in [1.29, 1.82) is 0 Å². The lowest BCUT2D eigenvalue weighted by Gasteiger charge is -2.22. The van der Waals surface area contributed by atoms with Crippen molar-refractivity contribution in [3.05, 3.63) is 47.5 Å². The monoisotopic (exact) mass is 342 g/mol. The molecule has 6 heteroatoms. The lowest BCUT2D eigenvalue weighted by Crippen LogP contribution is -2.38. The molecule has 25 heavy (non-hydrogen) atoms. The van der Waals surface area contributed by atoms with Gasteiger partial charge in [0.25, 0.3) is 0 Å². The average Bonchev–Trinajstić information content (AvgIpc) is 3.09. The molecule has 0 radical (unpaired) electrons. The van der Waals surface area contributed by atoms with Gasteiger partial charge in [0.1, 0.15) is 12.2 Å². The Morgan fingerprint density at radius 1 is 1.12 bits per heavy atom. The highest BCUT2D eigenvalue weighted by Gasteiger charge is 2.07. The van der Waals surface area contributed by atoms with Crippen LogP contribution in [0.5, 0.6) is 0 Å². The molecule has 136 valence electrons. The number of hydrogen-bond donors (Lipinski definition) is 1. The van der Waals surface area contributed by atoms with Crippen LogP contribution in [0.2, 0.25) is 0 Å². The molecule has 0 aliphatic rings. The van der Waals surface area contributed by atoms with Crippen LogP contribution in [0.1, 0.15) is 37.7 Å². The van der Waals surface area contributed by atoms with Crippen molar-refractivity contribution in [3.63, 3.8) is 0 Å². The van der Waals surface area contributed by atoms with Crippen LogP contribution >= 0.6 is 0 Å². The number of hydrogen-bond acceptors (Lipinski definition) is 3. The molecule has 0 bridgehead atoms. The van der Waals surface area contributed by atoms with Crippen LogP contribution in [0.3, 0.4) is 0 Å². The molecule has 0 saturated carbocycles. The highest BCUT2D eigenvalue weighted by Crippen LogP contribution is 2.07. The van der Waals surface area contributed by atoms with E-state index in [1.165, 1.54) is 11.1 Å². The van der Waals surface area contributed by atoms with Crippen molar-refractivity contribution in [1.82, 2.24) is 25.0 Å². The number of benzene rings is 1. The first kappa shape index (κ1) is 19.0. The lowest BCUT2D eigenvalue weighted by atomic mass is 10.1. The Morgan fingerprint density at radius 3 is 2.48 bits per heavy atom. The molecule has 0 amide bonds. The fourth-order valence-corrected chi connectivity index (χ4v) is 2.70. The maximum Gasteiger partial charge on any atom is 0.194 e. The fraction of sp³-hybridized carbons (Fsp3) is 0.526. The number of nitrogens with one attached hydrogen (secondary N) is 1. The summed E-state index contributed by atoms with van der Waals surface area (Å²) >= 11 is 0. The summed E-state index contributed by atoms with van der Waals surface area (Å²) < 4.78 is 2.07. The molecule has 1 heterocycles. The summed E-state index contributed by atoms with van der Waals surface area (Å²) in [7, 11) is 2.07. The average molecular weight is 342 g/mol. The fourth-order valence-electron chi connectivity index (χ4n) is 2.70. The zero-order chi connectivity index (χ0) is 18.1. The van der Waals surface area contributed by atoms with E-state index < -0.39 is 0 Å². The van der Waals surface area contributed by atoms with Gasteiger partial charge in [-0.05, 0) is 24.5 Å². The molecule has 0 atom stereocenters. The highest BCUT2D eigenvalue weighted by atomic mass is 15.3. The number of rotatable bonds is 8. The minimum atomic E-state index is 0.701. The van der Waals surface area contributed by atoms with E-state index in [1.54, 1.807) is 6.33 Å². The Kier molecular flexibility index (Phi) is 7.44. The summed E-state index contributed by atoms with van der Waals surface area (Å²) in [4.78, 5) is 6.91. The van der Waals surface area contributed by atoms with E-state index in [0.29, 0.717) is 6.54 Å². The summed E-state index contributed by atoms with van der Waals surface area (Å²) in [6.07, 6.45) is 3.74. The first-order chi connectivity index (χ1) is 12.2. The second-order valence-corrected chi connectivity index (χ2v) is 6.06. The van der Waals surface area contributed by atoms with Crippen LogP contribution in [0.25, 0.3) is 0 Å². The molecule has 0 aliphatic heterocycles. The molecule has 0 spiro atoms. The molecule has 6 nitrogen and oxygen atoms in total. The Hall–Kier alpha value is -2.37. The standard InChI is InChI=1S/C19H30N6/c1-5-16-8-10-17(11-9-16)14-24(4)19(20-7-3)21-12-13-25-15-22-23-18(25)6-2/h8-11,15H,5-7,12-14H2,1-4H3,(H,20,21). The van der Waals surface area contributed by atoms with Gasteiger partial charge in [-0.3, -0.25) is 4.99 Å². The number of aromatic nitrogens is 3. The minimum Gasteiger partial charge on any atom is -0.357 e. The van der Waals surface area contributed by atoms with E-state index in [1.807, 2.05) is 0 Å². The van der Waals surface area contributed by atoms with E-state index in [9.17, 15) is 0 Å². The first-order valence-corrected chi connectivity index (χ1v) is 9.11. The van der Waals surface area contributed by atoms with Gasteiger partial charge in [-0.25, -0.2) is 0 Å². The van der Waals surface area contributed by atoms with Crippen LogP contribution in [-0.4, -0.2) is 45.8 Å². The van der Waals surface area contributed by atoms with Gasteiger partial charge in [-0.1, -0.05) is 38.1 Å². The summed E-state index contributed by atoms with van der Waals surface area (Å²) in [6, 6.07) is 8.80. The second kappa shape index (κ2) is 9.81. The van der Waals surface area contributed by atoms with Gasteiger partial charge in [0.15, 0.2) is 5.96 Å². The van der Waals surface area contributed by atoms with Crippen LogP contribution in [0, 0.1) is 0 Å². The maximum atomic E-state index is 4.75. The van der Waals surface area contributed by atoms with E-state index in [2.05, 4.69) is 77.1 Å². The smallest absolute Gasteiger partial charge is 0.194 e. The van der Waals surface area contributed by atoms with Crippen LogP contribution in [0.4, 0.5) is 0 Å². The zero-order valence-electron chi connectivity index (χ0n) is 15.9. The van der Waals surface area contributed by atoms with Gasteiger partial charge in [0.2, 0.25) is 0 Å². The summed E-state index contributed by atoms with van der Waals surface area (Å²) in [5.74, 6) is 1.93. The number of guanidine groups is 1. The Morgan fingerprint density at radius 2 is 1.84 bits per heavy atom. The molecular formula is C19H30N6. The molecule has 0 fully saturated rings. The van der Waals surface area contributed by atoms with E-state index in [-0.39, 0.29) is 0 Å². The Balaban J connectivity index is 1.97. The van der Waals surface area contributed by atoms with Gasteiger partial charge in [0.05, 0.1) is 6.54 Å². The van der Waals surface area contributed by atoms with Gasteiger partial charge in [0, 0.05) is 33.1 Å². The van der Waals surface area contributed by atoms with Crippen molar-refractivity contribution >= 4 is 5.96 Å². The molecule has 0 aliphatic carbocycles. The summed E-state index contributed by atoms with van der Waals surface area (Å²) in [5.41, 5.74) is 2.66. The molecular weight excluding hydrogens is 312 g/mol. The van der Waals surface area contributed by atoms with Crippen molar-refractivity contribution in [2.45, 2.75) is 46.7 Å². The summed E-state index contributed by atoms with van der Waals surface area (Å²) in [5, 5.41) is 11.5. The van der Waals surface area contributed by atoms with Gasteiger partial charge >= 0.3 is 0 Å². The molecule has 1 aromatic carbocycles. The molecule has 2 aromatic rings. The SMILES string of the molecule is CCNC(=NCCn1cnnc1CC)N(C)Cc1ccc(CC)cc1. The molecule has 0 unspecified atom stereocenters. The zero-order valence-corrected chi connectivity index (χ0v) is 15.9. The molecule has 0 saturated heterocycles. The van der Waals surface area contributed by atoms with Gasteiger partial charge < -0.3 is 14.8 Å². The van der Waals surface area contributed by atoms with Crippen molar-refractivity contribution in [3.8, 4) is 0 Å². The maximum absolute atomic E-state index is 4.75. The van der Waals surface area contributed by atoms with Crippen molar-refractivity contribution in [2.75, 3.05) is 20.1 Å². The topological polar surface area (TPSA) is 58.3 Å².